The van der Waals surface area contributed by atoms with Gasteiger partial charge in [-0.05, 0) is 30.7 Å². The fourth-order valence-electron chi connectivity index (χ4n) is 1.00. The van der Waals surface area contributed by atoms with Gasteiger partial charge >= 0.3 is 0 Å². The van der Waals surface area contributed by atoms with Crippen molar-refractivity contribution in [3.05, 3.63) is 30.1 Å². The molecule has 0 spiro atoms. The van der Waals surface area contributed by atoms with E-state index in [2.05, 4.69) is 0 Å². The lowest BCUT2D eigenvalue weighted by Crippen LogP contribution is -2.31. The largest absolute Gasteiger partial charge is 0.311 e. The molecule has 1 aromatic carbocycles. The highest BCUT2D eigenvalue weighted by molar-refractivity contribution is 5.85. The first kappa shape index (κ1) is 12.2. The predicted octanol–water partition coefficient (Wildman–Crippen LogP) is 2.34. The average Bonchev–Trinajstić information content (AvgIpc) is 2.06. The highest BCUT2D eigenvalue weighted by Gasteiger charge is 1.98. The summed E-state index contributed by atoms with van der Waals surface area (Å²) in [6.07, 6.45) is 0.980. The summed E-state index contributed by atoms with van der Waals surface area (Å²) in [4.78, 5) is 0. The van der Waals surface area contributed by atoms with Crippen LogP contribution in [0.2, 0.25) is 0 Å². The Morgan fingerprint density at radius 3 is 2.31 bits per heavy atom. The Hall–Kier alpha value is -0.800. The quantitative estimate of drug-likeness (QED) is 0.605. The van der Waals surface area contributed by atoms with E-state index in [-0.39, 0.29) is 18.2 Å². The van der Waals surface area contributed by atoms with E-state index in [1.807, 2.05) is 6.92 Å². The van der Waals surface area contributed by atoms with E-state index in [9.17, 15) is 4.39 Å². The van der Waals surface area contributed by atoms with Gasteiger partial charge in [-0.15, -0.1) is 12.4 Å². The van der Waals surface area contributed by atoms with E-state index in [0.29, 0.717) is 0 Å². The molecule has 0 fully saturated rings. The molecular formula is C9H14ClFN2. The maximum Gasteiger partial charge on any atom is 0.123 e. The van der Waals surface area contributed by atoms with Crippen LogP contribution >= 0.6 is 12.4 Å². The van der Waals surface area contributed by atoms with Gasteiger partial charge in [-0.1, -0.05) is 6.92 Å². The molecule has 1 rings (SSSR count). The van der Waals surface area contributed by atoms with E-state index in [4.69, 9.17) is 5.84 Å². The van der Waals surface area contributed by atoms with E-state index in [0.717, 1.165) is 18.7 Å². The molecule has 0 amide bonds. The van der Waals surface area contributed by atoms with Crippen molar-refractivity contribution in [3.63, 3.8) is 0 Å². The van der Waals surface area contributed by atoms with Crippen LogP contribution in [0.15, 0.2) is 24.3 Å². The minimum Gasteiger partial charge on any atom is -0.311 e. The highest BCUT2D eigenvalue weighted by Crippen LogP contribution is 2.11. The third-order valence-corrected chi connectivity index (χ3v) is 1.62. The SMILES string of the molecule is CCCN(N)c1ccc(F)cc1.Cl. The molecule has 0 radical (unpaired) electrons. The zero-order valence-electron chi connectivity index (χ0n) is 7.53. The Labute approximate surface area is 83.9 Å². The van der Waals surface area contributed by atoms with Crippen LogP contribution in [0.3, 0.4) is 0 Å². The molecule has 0 saturated heterocycles. The highest BCUT2D eigenvalue weighted by atomic mass is 35.5. The first-order valence-corrected chi connectivity index (χ1v) is 4.02. The van der Waals surface area contributed by atoms with Gasteiger partial charge in [0.15, 0.2) is 0 Å². The standard InChI is InChI=1S/C9H13FN2.ClH/c1-2-7-12(11)9-5-3-8(10)4-6-9;/h3-6H,2,7,11H2,1H3;1H. The lowest BCUT2D eigenvalue weighted by molar-refractivity contribution is 0.627. The van der Waals surface area contributed by atoms with Crippen molar-refractivity contribution in [2.45, 2.75) is 13.3 Å². The van der Waals surface area contributed by atoms with Gasteiger partial charge in [0.25, 0.3) is 0 Å². The molecular weight excluding hydrogens is 191 g/mol. The van der Waals surface area contributed by atoms with Gasteiger partial charge in [0.1, 0.15) is 5.82 Å². The number of nitrogens with zero attached hydrogens (tertiary/aromatic N) is 1. The van der Waals surface area contributed by atoms with Gasteiger partial charge in [0, 0.05) is 6.54 Å². The second-order valence-corrected chi connectivity index (χ2v) is 2.67. The van der Waals surface area contributed by atoms with Crippen molar-refractivity contribution in [1.29, 1.82) is 0 Å². The van der Waals surface area contributed by atoms with Crippen LogP contribution in [0.1, 0.15) is 13.3 Å². The summed E-state index contributed by atoms with van der Waals surface area (Å²) >= 11 is 0. The summed E-state index contributed by atoms with van der Waals surface area (Å²) in [5.74, 6) is 5.43. The number of nitrogens with two attached hydrogens (primary N) is 1. The lowest BCUT2D eigenvalue weighted by atomic mass is 10.3. The monoisotopic (exact) mass is 204 g/mol. The van der Waals surface area contributed by atoms with Gasteiger partial charge < -0.3 is 5.01 Å². The van der Waals surface area contributed by atoms with Gasteiger partial charge in [0.2, 0.25) is 0 Å². The van der Waals surface area contributed by atoms with Gasteiger partial charge in [0.05, 0.1) is 5.69 Å². The summed E-state index contributed by atoms with van der Waals surface area (Å²) < 4.78 is 12.5. The van der Waals surface area contributed by atoms with Crippen LogP contribution in [0, 0.1) is 5.82 Å². The molecule has 0 heterocycles. The molecule has 74 valence electrons. The second-order valence-electron chi connectivity index (χ2n) is 2.67. The number of benzene rings is 1. The van der Waals surface area contributed by atoms with Crippen LogP contribution in [0.5, 0.6) is 0 Å². The zero-order valence-corrected chi connectivity index (χ0v) is 8.35. The van der Waals surface area contributed by atoms with Crippen molar-refractivity contribution < 1.29 is 4.39 Å². The normalized spacial score (nSPS) is 9.15. The van der Waals surface area contributed by atoms with Crippen molar-refractivity contribution >= 4 is 18.1 Å². The van der Waals surface area contributed by atoms with Crippen LogP contribution in [0.4, 0.5) is 10.1 Å². The van der Waals surface area contributed by atoms with E-state index < -0.39 is 0 Å². The smallest absolute Gasteiger partial charge is 0.123 e. The van der Waals surface area contributed by atoms with Crippen LogP contribution in [-0.4, -0.2) is 6.54 Å². The topological polar surface area (TPSA) is 29.3 Å². The third kappa shape index (κ3) is 3.61. The molecule has 0 aliphatic heterocycles. The molecule has 0 aliphatic carbocycles. The second kappa shape index (κ2) is 5.78. The number of hydrogen-bond acceptors (Lipinski definition) is 2. The maximum atomic E-state index is 12.5. The number of hydrazine groups is 1. The Morgan fingerprint density at radius 2 is 1.85 bits per heavy atom. The zero-order chi connectivity index (χ0) is 8.97. The Morgan fingerprint density at radius 1 is 1.31 bits per heavy atom. The maximum absolute atomic E-state index is 12.5. The molecule has 2 N–H and O–H groups in total. The van der Waals surface area contributed by atoms with Gasteiger partial charge in [-0.3, -0.25) is 0 Å². The fourth-order valence-corrected chi connectivity index (χ4v) is 1.00. The molecule has 4 heteroatoms. The molecule has 0 aromatic heterocycles. The van der Waals surface area contributed by atoms with Crippen molar-refractivity contribution in [3.8, 4) is 0 Å². The molecule has 0 saturated carbocycles. The average molecular weight is 205 g/mol. The number of hydrogen-bond donors (Lipinski definition) is 1. The molecule has 2 nitrogen and oxygen atoms in total. The fraction of sp³-hybridized carbons (Fsp3) is 0.333. The molecule has 0 bridgehead atoms. The minimum atomic E-state index is -0.233. The Kier molecular flexibility index (Phi) is 5.42. The van der Waals surface area contributed by atoms with Crippen LogP contribution in [-0.2, 0) is 0 Å². The lowest BCUT2D eigenvalue weighted by Gasteiger charge is -2.17. The predicted molar refractivity (Wildman–Crippen MR) is 55.5 cm³/mol. The van der Waals surface area contributed by atoms with Crippen LogP contribution in [0.25, 0.3) is 0 Å². The number of halogens is 2. The van der Waals surface area contributed by atoms with E-state index in [1.165, 1.54) is 12.1 Å². The minimum absolute atomic E-state index is 0. The van der Waals surface area contributed by atoms with Crippen LogP contribution < -0.4 is 10.9 Å². The first-order chi connectivity index (χ1) is 5.74. The van der Waals surface area contributed by atoms with Crippen molar-refractivity contribution in [2.24, 2.45) is 5.84 Å². The number of anilines is 1. The van der Waals surface area contributed by atoms with Gasteiger partial charge in [-0.25, -0.2) is 10.2 Å². The first-order valence-electron chi connectivity index (χ1n) is 4.02. The van der Waals surface area contributed by atoms with E-state index >= 15 is 0 Å². The molecule has 13 heavy (non-hydrogen) atoms. The summed E-state index contributed by atoms with van der Waals surface area (Å²) in [6, 6.07) is 6.16. The summed E-state index contributed by atoms with van der Waals surface area (Å²) in [5.41, 5.74) is 0.846. The Balaban J connectivity index is 0.00000144. The summed E-state index contributed by atoms with van der Waals surface area (Å²) in [7, 11) is 0. The molecule has 0 aliphatic rings. The molecule has 0 atom stereocenters. The van der Waals surface area contributed by atoms with Crippen molar-refractivity contribution in [2.75, 3.05) is 11.6 Å². The Bertz CT molecular complexity index is 238. The summed E-state index contributed by atoms with van der Waals surface area (Å²) in [5, 5.41) is 1.61. The molecule has 0 unspecified atom stereocenters. The third-order valence-electron chi connectivity index (χ3n) is 1.62. The van der Waals surface area contributed by atoms with Gasteiger partial charge in [-0.2, -0.15) is 0 Å². The summed E-state index contributed by atoms with van der Waals surface area (Å²) in [6.45, 7) is 2.83. The number of rotatable bonds is 3. The van der Waals surface area contributed by atoms with Crippen molar-refractivity contribution in [1.82, 2.24) is 0 Å². The van der Waals surface area contributed by atoms with E-state index in [1.54, 1.807) is 17.1 Å². The molecule has 1 aromatic rings.